The van der Waals surface area contributed by atoms with Crippen LogP contribution in [-0.4, -0.2) is 35.1 Å². The normalized spacial score (nSPS) is 10.9. The molecule has 0 saturated heterocycles. The van der Waals surface area contributed by atoms with E-state index in [-0.39, 0.29) is 0 Å². The van der Waals surface area contributed by atoms with Crippen molar-refractivity contribution in [2.45, 2.75) is 0 Å². The Morgan fingerprint density at radius 1 is 1.23 bits per heavy atom. The Labute approximate surface area is 130 Å². The summed E-state index contributed by atoms with van der Waals surface area (Å²) in [6.07, 6.45) is 0. The molecular formula is C15H14N2O4S. The van der Waals surface area contributed by atoms with Gasteiger partial charge in [-0.2, -0.15) is 5.10 Å². The second kappa shape index (κ2) is 5.34. The molecule has 0 unspecified atom stereocenters. The number of ether oxygens (including phenoxy) is 2. The van der Waals surface area contributed by atoms with Crippen LogP contribution in [0.2, 0.25) is 0 Å². The van der Waals surface area contributed by atoms with Gasteiger partial charge < -0.3 is 14.6 Å². The van der Waals surface area contributed by atoms with Gasteiger partial charge in [0.2, 0.25) is 0 Å². The van der Waals surface area contributed by atoms with E-state index in [0.717, 1.165) is 21.5 Å². The monoisotopic (exact) mass is 318 g/mol. The first-order chi connectivity index (χ1) is 10.5. The molecule has 2 heterocycles. The molecular weight excluding hydrogens is 304 g/mol. The molecule has 0 aliphatic rings. The van der Waals surface area contributed by atoms with Crippen LogP contribution in [0.5, 0.6) is 11.5 Å². The topological polar surface area (TPSA) is 73.6 Å². The van der Waals surface area contributed by atoms with Crippen molar-refractivity contribution < 1.29 is 19.4 Å². The number of hydrogen-bond donors (Lipinski definition) is 1. The van der Waals surface area contributed by atoms with Gasteiger partial charge in [-0.25, -0.2) is 4.79 Å². The SMILES string of the molecule is COc1ccc(-c2nn(C)c3sc(C(=O)O)cc23)cc1OC. The van der Waals surface area contributed by atoms with Crippen LogP contribution in [0.1, 0.15) is 9.67 Å². The second-order valence-electron chi connectivity index (χ2n) is 4.68. The number of carboxylic acid groups (broad SMARTS) is 1. The van der Waals surface area contributed by atoms with Crippen LogP contribution in [0.4, 0.5) is 0 Å². The average Bonchev–Trinajstić information content (AvgIpc) is 3.07. The largest absolute Gasteiger partial charge is 0.493 e. The van der Waals surface area contributed by atoms with Crippen molar-refractivity contribution in [2.75, 3.05) is 14.2 Å². The molecule has 2 aromatic heterocycles. The minimum absolute atomic E-state index is 0.296. The molecule has 0 saturated carbocycles. The lowest BCUT2D eigenvalue weighted by atomic mass is 10.1. The van der Waals surface area contributed by atoms with E-state index < -0.39 is 5.97 Å². The molecule has 3 rings (SSSR count). The predicted octanol–water partition coefficient (Wildman–Crippen LogP) is 3.02. The number of rotatable bonds is 4. The molecule has 1 N–H and O–H groups in total. The fraction of sp³-hybridized carbons (Fsp3) is 0.200. The van der Waals surface area contributed by atoms with Gasteiger partial charge in [0.15, 0.2) is 11.5 Å². The van der Waals surface area contributed by atoms with Crippen LogP contribution in [-0.2, 0) is 7.05 Å². The highest BCUT2D eigenvalue weighted by Crippen LogP contribution is 2.37. The van der Waals surface area contributed by atoms with Crippen molar-refractivity contribution in [3.05, 3.63) is 29.1 Å². The summed E-state index contributed by atoms with van der Waals surface area (Å²) in [7, 11) is 4.95. The van der Waals surface area contributed by atoms with E-state index in [9.17, 15) is 4.79 Å². The van der Waals surface area contributed by atoms with Crippen molar-refractivity contribution in [3.63, 3.8) is 0 Å². The van der Waals surface area contributed by atoms with Gasteiger partial charge in [-0.1, -0.05) is 0 Å². The van der Waals surface area contributed by atoms with E-state index in [1.807, 2.05) is 12.1 Å². The lowest BCUT2D eigenvalue weighted by Gasteiger charge is -2.08. The fourth-order valence-electron chi connectivity index (χ4n) is 2.34. The van der Waals surface area contributed by atoms with Gasteiger partial charge in [-0.05, 0) is 24.3 Å². The summed E-state index contributed by atoms with van der Waals surface area (Å²) in [5, 5.41) is 14.5. The summed E-state index contributed by atoms with van der Waals surface area (Å²) in [6, 6.07) is 7.17. The van der Waals surface area contributed by atoms with Gasteiger partial charge in [0.1, 0.15) is 15.4 Å². The van der Waals surface area contributed by atoms with Crippen LogP contribution < -0.4 is 9.47 Å². The number of benzene rings is 1. The molecule has 0 aliphatic heterocycles. The van der Waals surface area contributed by atoms with Crippen LogP contribution in [0, 0.1) is 0 Å². The maximum absolute atomic E-state index is 11.2. The van der Waals surface area contributed by atoms with Gasteiger partial charge in [0.25, 0.3) is 0 Å². The number of hydrogen-bond acceptors (Lipinski definition) is 5. The molecule has 22 heavy (non-hydrogen) atoms. The van der Waals surface area contributed by atoms with Crippen molar-refractivity contribution in [3.8, 4) is 22.8 Å². The number of methoxy groups -OCH3 is 2. The molecule has 0 atom stereocenters. The highest BCUT2D eigenvalue weighted by atomic mass is 32.1. The van der Waals surface area contributed by atoms with Gasteiger partial charge in [-0.3, -0.25) is 4.68 Å². The Morgan fingerprint density at radius 3 is 2.59 bits per heavy atom. The third-order valence-electron chi connectivity index (χ3n) is 3.38. The zero-order valence-electron chi connectivity index (χ0n) is 12.3. The summed E-state index contributed by atoms with van der Waals surface area (Å²) in [5.74, 6) is 0.307. The van der Waals surface area contributed by atoms with Crippen molar-refractivity contribution in [1.29, 1.82) is 0 Å². The number of aryl methyl sites for hydroxylation is 1. The minimum Gasteiger partial charge on any atom is -0.493 e. The maximum Gasteiger partial charge on any atom is 0.345 e. The number of carboxylic acids is 1. The highest BCUT2D eigenvalue weighted by molar-refractivity contribution is 7.20. The fourth-order valence-corrected chi connectivity index (χ4v) is 3.25. The first-order valence-electron chi connectivity index (χ1n) is 6.47. The first-order valence-corrected chi connectivity index (χ1v) is 7.29. The molecule has 7 heteroatoms. The lowest BCUT2D eigenvalue weighted by Crippen LogP contribution is -1.93. The van der Waals surface area contributed by atoms with Gasteiger partial charge in [-0.15, -0.1) is 11.3 Å². The smallest absolute Gasteiger partial charge is 0.345 e. The molecule has 1 aromatic carbocycles. The Morgan fingerprint density at radius 2 is 1.95 bits per heavy atom. The first kappa shape index (κ1) is 14.4. The number of aromatic carboxylic acids is 1. The number of carbonyl (C=O) groups is 1. The summed E-state index contributed by atoms with van der Waals surface area (Å²) >= 11 is 1.21. The molecule has 3 aromatic rings. The number of nitrogens with zero attached hydrogens (tertiary/aromatic N) is 2. The van der Waals surface area contributed by atoms with Crippen molar-refractivity contribution >= 4 is 27.5 Å². The van der Waals surface area contributed by atoms with Gasteiger partial charge in [0.05, 0.1) is 14.2 Å². The summed E-state index contributed by atoms with van der Waals surface area (Å²) in [4.78, 5) is 12.3. The lowest BCUT2D eigenvalue weighted by molar-refractivity contribution is 0.0702. The van der Waals surface area contributed by atoms with E-state index in [4.69, 9.17) is 14.6 Å². The van der Waals surface area contributed by atoms with Crippen LogP contribution in [0.3, 0.4) is 0 Å². The molecule has 0 spiro atoms. The zero-order chi connectivity index (χ0) is 15.9. The third-order valence-corrected chi connectivity index (χ3v) is 4.57. The second-order valence-corrected chi connectivity index (χ2v) is 5.71. The number of aromatic nitrogens is 2. The van der Waals surface area contributed by atoms with Gasteiger partial charge >= 0.3 is 5.97 Å². The van der Waals surface area contributed by atoms with Crippen molar-refractivity contribution in [2.24, 2.45) is 7.05 Å². The number of thiophene rings is 1. The zero-order valence-corrected chi connectivity index (χ0v) is 13.1. The standard InChI is InChI=1S/C15H14N2O4S/c1-17-14-9(7-12(22-14)15(18)19)13(16-17)8-4-5-10(20-2)11(6-8)21-3/h4-7H,1-3H3,(H,18,19). The molecule has 0 aliphatic carbocycles. The van der Waals surface area contributed by atoms with E-state index in [0.29, 0.717) is 16.4 Å². The molecule has 0 amide bonds. The molecule has 0 fully saturated rings. The van der Waals surface area contributed by atoms with E-state index in [2.05, 4.69) is 5.10 Å². The highest BCUT2D eigenvalue weighted by Gasteiger charge is 2.18. The Hall–Kier alpha value is -2.54. The van der Waals surface area contributed by atoms with Crippen LogP contribution >= 0.6 is 11.3 Å². The molecule has 0 bridgehead atoms. The van der Waals surface area contributed by atoms with E-state index in [1.54, 1.807) is 38.1 Å². The quantitative estimate of drug-likeness (QED) is 0.800. The Kier molecular flexibility index (Phi) is 3.50. The maximum atomic E-state index is 11.2. The summed E-state index contributed by atoms with van der Waals surface area (Å²) in [5.41, 5.74) is 1.57. The third kappa shape index (κ3) is 2.19. The van der Waals surface area contributed by atoms with E-state index in [1.165, 1.54) is 11.3 Å². The Balaban J connectivity index is 2.19. The Bertz CT molecular complexity index is 866. The van der Waals surface area contributed by atoms with Crippen molar-refractivity contribution in [1.82, 2.24) is 9.78 Å². The molecule has 0 radical (unpaired) electrons. The predicted molar refractivity (Wildman–Crippen MR) is 84.1 cm³/mol. The minimum atomic E-state index is -0.931. The molecule has 6 nitrogen and oxygen atoms in total. The molecule has 114 valence electrons. The van der Waals surface area contributed by atoms with Crippen LogP contribution in [0.25, 0.3) is 21.5 Å². The average molecular weight is 318 g/mol. The summed E-state index contributed by atoms with van der Waals surface area (Å²) < 4.78 is 12.2. The number of fused-ring (bicyclic) bond motifs is 1. The van der Waals surface area contributed by atoms with Crippen LogP contribution in [0.15, 0.2) is 24.3 Å². The van der Waals surface area contributed by atoms with E-state index >= 15 is 0 Å². The van der Waals surface area contributed by atoms with Gasteiger partial charge in [0, 0.05) is 18.0 Å². The summed E-state index contributed by atoms with van der Waals surface area (Å²) in [6.45, 7) is 0.